The largest absolute Gasteiger partial charge is 0.545 e. The van der Waals surface area contributed by atoms with Crippen molar-refractivity contribution in [2.45, 2.75) is 18.9 Å². The molecule has 2 aromatic carbocycles. The quantitative estimate of drug-likeness (QED) is 0.411. The van der Waals surface area contributed by atoms with Crippen LogP contribution in [0.4, 0.5) is 15.8 Å². The summed E-state index contributed by atoms with van der Waals surface area (Å²) in [6, 6.07) is 8.96. The number of benzene rings is 2. The molecule has 35 heavy (non-hydrogen) atoms. The number of hydrogen-bond acceptors (Lipinski definition) is 6. The van der Waals surface area contributed by atoms with Crippen LogP contribution in [0.2, 0.25) is 0 Å². The number of carbonyl (C=O) groups excluding carboxylic acids is 1. The van der Waals surface area contributed by atoms with E-state index in [1.165, 1.54) is 36.5 Å². The van der Waals surface area contributed by atoms with E-state index >= 15 is 0 Å². The lowest BCUT2D eigenvalue weighted by molar-refractivity contribution is -0.655. The molecule has 0 amide bonds. The van der Waals surface area contributed by atoms with Gasteiger partial charge in [-0.05, 0) is 42.7 Å². The zero-order valence-electron chi connectivity index (χ0n) is 18.9. The molecule has 5 rings (SSSR count). The van der Waals surface area contributed by atoms with E-state index < -0.39 is 23.2 Å². The molecule has 1 aromatic heterocycles. The van der Waals surface area contributed by atoms with Gasteiger partial charge in [-0.3, -0.25) is 4.79 Å². The average molecular weight is 487 g/mol. The molecule has 1 aliphatic carbocycles. The minimum absolute atomic E-state index is 0. The van der Waals surface area contributed by atoms with Gasteiger partial charge < -0.3 is 41.0 Å². The van der Waals surface area contributed by atoms with Crippen molar-refractivity contribution in [3.63, 3.8) is 0 Å². The van der Waals surface area contributed by atoms with Gasteiger partial charge in [0.15, 0.2) is 0 Å². The van der Waals surface area contributed by atoms with Crippen molar-refractivity contribution in [3.8, 4) is 0 Å². The predicted octanol–water partition coefficient (Wildman–Crippen LogP) is -0.635. The Morgan fingerprint density at radius 1 is 1.11 bits per heavy atom. The van der Waals surface area contributed by atoms with Gasteiger partial charge in [-0.25, -0.2) is 9.18 Å². The molecule has 2 aliphatic rings. The number of nitrogens with zero attached hydrogens (tertiary/aromatic N) is 2. The second-order valence-electron chi connectivity index (χ2n) is 8.40. The zero-order chi connectivity index (χ0) is 24.4. The molecule has 1 saturated heterocycles. The number of aromatic carboxylic acids is 2. The summed E-state index contributed by atoms with van der Waals surface area (Å²) in [7, 11) is 0. The van der Waals surface area contributed by atoms with Gasteiger partial charge in [0.25, 0.3) is 0 Å². The van der Waals surface area contributed by atoms with Crippen LogP contribution in [0, 0.1) is 5.82 Å². The van der Waals surface area contributed by atoms with E-state index in [0.717, 1.165) is 39.0 Å². The molecule has 1 aliphatic heterocycles. The molecule has 0 atom stereocenters. The van der Waals surface area contributed by atoms with Gasteiger partial charge in [-0.15, -0.1) is 0 Å². The van der Waals surface area contributed by atoms with Gasteiger partial charge in [0.2, 0.25) is 5.43 Å². The number of nitrogen functional groups attached to an aromatic ring is 1. The number of fused-ring (bicyclic) bond motifs is 1. The third-order valence-electron chi connectivity index (χ3n) is 5.96. The minimum Gasteiger partial charge on any atom is -0.545 e. The Kier molecular flexibility index (Phi) is 7.72. The maximum Gasteiger partial charge on any atom is 0.341 e. The number of carboxylic acids is 2. The van der Waals surface area contributed by atoms with Crippen LogP contribution >= 0.6 is 0 Å². The number of carboxylic acid groups (broad SMARTS) is 2. The molecule has 0 spiro atoms. The van der Waals surface area contributed by atoms with Gasteiger partial charge >= 0.3 is 5.97 Å². The molecule has 186 valence electrons. The lowest BCUT2D eigenvalue weighted by Gasteiger charge is -2.28. The highest BCUT2D eigenvalue weighted by atomic mass is 19.1. The minimum atomic E-state index is -1.27. The van der Waals surface area contributed by atoms with Crippen LogP contribution in [0.1, 0.15) is 39.6 Å². The first-order chi connectivity index (χ1) is 16.3. The number of pyridine rings is 1. The highest BCUT2D eigenvalue weighted by Crippen LogP contribution is 2.38. The number of rotatable bonds is 4. The SMILES string of the molecule is Nc1ccc(C(=O)[O-])cc1.O.O=C(O)c1cn(C2CC2)c2cc(N3CC[NH2+]CC3)c(F)cc2c1=O. The summed E-state index contributed by atoms with van der Waals surface area (Å²) in [4.78, 5) is 35.9. The van der Waals surface area contributed by atoms with Crippen molar-refractivity contribution in [2.24, 2.45) is 0 Å². The number of carbonyl (C=O) groups is 2. The van der Waals surface area contributed by atoms with Gasteiger partial charge in [0, 0.05) is 23.3 Å². The fraction of sp³-hybridized carbons (Fsp3) is 0.292. The summed E-state index contributed by atoms with van der Waals surface area (Å²) in [6.07, 6.45) is 3.31. The van der Waals surface area contributed by atoms with E-state index in [0.29, 0.717) is 16.9 Å². The summed E-state index contributed by atoms with van der Waals surface area (Å²) in [6.45, 7) is 3.32. The summed E-state index contributed by atoms with van der Waals surface area (Å²) in [5, 5.41) is 21.8. The van der Waals surface area contributed by atoms with E-state index in [1.807, 2.05) is 9.47 Å². The summed E-state index contributed by atoms with van der Waals surface area (Å²) in [5.74, 6) is -2.92. The Labute approximate surface area is 199 Å². The molecule has 1 saturated carbocycles. The van der Waals surface area contributed by atoms with Crippen molar-refractivity contribution < 1.29 is 35.0 Å². The van der Waals surface area contributed by atoms with Gasteiger partial charge in [-0.2, -0.15) is 0 Å². The fourth-order valence-electron chi connectivity index (χ4n) is 4.02. The summed E-state index contributed by atoms with van der Waals surface area (Å²) >= 11 is 0. The van der Waals surface area contributed by atoms with E-state index in [4.69, 9.17) is 5.73 Å². The molecular weight excluding hydrogens is 459 g/mol. The normalized spacial score (nSPS) is 15.1. The molecule has 2 heterocycles. The molecule has 2 fully saturated rings. The predicted molar refractivity (Wildman–Crippen MR) is 126 cm³/mol. The van der Waals surface area contributed by atoms with Crippen molar-refractivity contribution in [1.82, 2.24) is 4.57 Å². The number of nitrogens with two attached hydrogens (primary N) is 2. The Morgan fingerprint density at radius 2 is 1.74 bits per heavy atom. The monoisotopic (exact) mass is 486 g/mol. The zero-order valence-corrected chi connectivity index (χ0v) is 18.9. The molecule has 11 heteroatoms. The van der Waals surface area contributed by atoms with Crippen LogP contribution in [0.25, 0.3) is 10.9 Å². The second-order valence-corrected chi connectivity index (χ2v) is 8.40. The Balaban J connectivity index is 0.000000264. The topological polar surface area (TPSA) is 177 Å². The molecule has 7 N–H and O–H groups in total. The fourth-order valence-corrected chi connectivity index (χ4v) is 4.02. The summed E-state index contributed by atoms with van der Waals surface area (Å²) in [5.41, 5.74) is 6.21. The van der Waals surface area contributed by atoms with Crippen molar-refractivity contribution in [1.29, 1.82) is 0 Å². The first kappa shape index (κ1) is 25.7. The number of aromatic nitrogens is 1. The second kappa shape index (κ2) is 10.5. The third kappa shape index (κ3) is 5.58. The first-order valence-corrected chi connectivity index (χ1v) is 11.0. The smallest absolute Gasteiger partial charge is 0.341 e. The Hall–Kier alpha value is -3.96. The van der Waals surface area contributed by atoms with Crippen LogP contribution in [-0.4, -0.2) is 53.3 Å². The van der Waals surface area contributed by atoms with Crippen LogP contribution in [0.3, 0.4) is 0 Å². The molecule has 10 nitrogen and oxygen atoms in total. The number of halogens is 1. The Bertz CT molecular complexity index is 1300. The van der Waals surface area contributed by atoms with Crippen LogP contribution < -0.4 is 26.5 Å². The number of quaternary nitrogens is 1. The highest BCUT2D eigenvalue weighted by Gasteiger charge is 2.28. The van der Waals surface area contributed by atoms with Crippen LogP contribution in [-0.2, 0) is 0 Å². The van der Waals surface area contributed by atoms with E-state index in [9.17, 15) is 29.0 Å². The van der Waals surface area contributed by atoms with Crippen molar-refractivity contribution >= 4 is 34.2 Å². The van der Waals surface area contributed by atoms with Crippen LogP contribution in [0.5, 0.6) is 0 Å². The number of hydrogen-bond donors (Lipinski definition) is 3. The van der Waals surface area contributed by atoms with Gasteiger partial charge in [0.1, 0.15) is 11.4 Å². The first-order valence-electron chi connectivity index (χ1n) is 11.0. The standard InChI is InChI=1S/C17H18FN3O3.C7H7NO2.H2O/c18-13-7-11-14(8-15(13)20-5-3-19-4-6-20)21(10-1-2-10)9-12(16(11)22)17(23)24;8-6-3-1-5(2-4-6)7(9)10;/h7-10,19H,1-6H2,(H,23,24);1-4H,8H2,(H,9,10);1H2. The van der Waals surface area contributed by atoms with Crippen molar-refractivity contribution in [2.75, 3.05) is 36.8 Å². The van der Waals surface area contributed by atoms with Gasteiger partial charge in [-0.1, -0.05) is 12.1 Å². The number of piperazine rings is 1. The molecular formula is C24H27FN4O6. The van der Waals surface area contributed by atoms with Gasteiger partial charge in [0.05, 0.1) is 43.4 Å². The number of anilines is 2. The van der Waals surface area contributed by atoms with Crippen LogP contribution in [0.15, 0.2) is 47.4 Å². The lowest BCUT2D eigenvalue weighted by Crippen LogP contribution is -2.89. The maximum absolute atomic E-state index is 14.6. The maximum atomic E-state index is 14.6. The molecule has 0 unspecified atom stereocenters. The summed E-state index contributed by atoms with van der Waals surface area (Å²) < 4.78 is 16.5. The molecule has 0 bridgehead atoms. The average Bonchev–Trinajstić information content (AvgIpc) is 3.66. The van der Waals surface area contributed by atoms with Crippen molar-refractivity contribution in [3.05, 3.63) is 69.8 Å². The van der Waals surface area contributed by atoms with E-state index in [1.54, 1.807) is 6.07 Å². The Morgan fingerprint density at radius 3 is 2.29 bits per heavy atom. The lowest BCUT2D eigenvalue weighted by atomic mass is 10.1. The highest BCUT2D eigenvalue weighted by molar-refractivity contribution is 5.93. The molecule has 3 aromatic rings. The van der Waals surface area contributed by atoms with E-state index in [-0.39, 0.29) is 28.0 Å². The third-order valence-corrected chi connectivity index (χ3v) is 5.96. The molecule has 0 radical (unpaired) electrons. The van der Waals surface area contributed by atoms with E-state index in [2.05, 4.69) is 5.32 Å².